The average molecular weight is 194 g/mol. The minimum absolute atomic E-state index is 0.273. The van der Waals surface area contributed by atoms with Crippen LogP contribution in [-0.2, 0) is 15.1 Å². The predicted octanol–water partition coefficient (Wildman–Crippen LogP) is 2.18. The fourth-order valence-electron chi connectivity index (χ4n) is 1.87. The summed E-state index contributed by atoms with van der Waals surface area (Å²) in [5, 5.41) is 0. The summed E-state index contributed by atoms with van der Waals surface area (Å²) in [4.78, 5) is 10.6. The molecule has 0 amide bonds. The molecule has 0 saturated carbocycles. The number of carbonyl (C=O) groups is 1. The van der Waals surface area contributed by atoms with E-state index in [0.717, 1.165) is 30.6 Å². The Morgan fingerprint density at radius 3 is 2.86 bits per heavy atom. The van der Waals surface area contributed by atoms with Crippen LogP contribution in [0.4, 0.5) is 0 Å². The third kappa shape index (κ3) is 1.48. The molecule has 1 aromatic rings. The Morgan fingerprint density at radius 2 is 2.36 bits per heavy atom. The summed E-state index contributed by atoms with van der Waals surface area (Å²) in [6, 6.07) is 3.83. The molecule has 3 nitrogen and oxygen atoms in total. The van der Waals surface area contributed by atoms with Gasteiger partial charge in [0.1, 0.15) is 29.5 Å². The van der Waals surface area contributed by atoms with Gasteiger partial charge in [0.25, 0.3) is 0 Å². The number of ether oxygens (including phenoxy) is 1. The first-order valence-electron chi connectivity index (χ1n) is 4.84. The van der Waals surface area contributed by atoms with Crippen molar-refractivity contribution >= 4 is 6.29 Å². The molecule has 0 aliphatic carbocycles. The Kier molecular flexibility index (Phi) is 2.19. The van der Waals surface area contributed by atoms with E-state index in [2.05, 4.69) is 0 Å². The van der Waals surface area contributed by atoms with Gasteiger partial charge in [-0.15, -0.1) is 0 Å². The number of carbonyl (C=O) groups excluding carboxylic acids is 1. The zero-order valence-corrected chi connectivity index (χ0v) is 8.45. The minimum atomic E-state index is -0.417. The predicted molar refractivity (Wildman–Crippen MR) is 51.0 cm³/mol. The van der Waals surface area contributed by atoms with Crippen molar-refractivity contribution in [3.8, 4) is 0 Å². The van der Waals surface area contributed by atoms with Crippen molar-refractivity contribution < 1.29 is 13.9 Å². The maximum absolute atomic E-state index is 10.6. The van der Waals surface area contributed by atoms with Gasteiger partial charge in [-0.2, -0.15) is 0 Å². The summed E-state index contributed by atoms with van der Waals surface area (Å²) in [5.74, 6) is 1.69. The first-order chi connectivity index (χ1) is 6.64. The standard InChI is InChI=1S/C11H14O3/c1-8-3-4-10(13-8)11(2)6-5-9(7-12)14-11/h3-4,7,9H,5-6H2,1-2H3. The highest BCUT2D eigenvalue weighted by atomic mass is 16.5. The number of hydrogen-bond donors (Lipinski definition) is 0. The third-order valence-corrected chi connectivity index (χ3v) is 2.73. The molecule has 1 fully saturated rings. The van der Waals surface area contributed by atoms with Gasteiger partial charge in [-0.05, 0) is 38.8 Å². The topological polar surface area (TPSA) is 39.4 Å². The summed E-state index contributed by atoms with van der Waals surface area (Å²) in [7, 11) is 0. The molecule has 14 heavy (non-hydrogen) atoms. The normalized spacial score (nSPS) is 32.0. The van der Waals surface area contributed by atoms with Crippen molar-refractivity contribution in [2.24, 2.45) is 0 Å². The Labute approximate surface area is 83.0 Å². The summed E-state index contributed by atoms with van der Waals surface area (Å²) >= 11 is 0. The first kappa shape index (κ1) is 9.46. The summed E-state index contributed by atoms with van der Waals surface area (Å²) in [5.41, 5.74) is -0.417. The molecule has 1 aliphatic rings. The van der Waals surface area contributed by atoms with Crippen molar-refractivity contribution in [3.05, 3.63) is 23.7 Å². The highest BCUT2D eigenvalue weighted by molar-refractivity contribution is 5.56. The van der Waals surface area contributed by atoms with Gasteiger partial charge in [0, 0.05) is 0 Å². The lowest BCUT2D eigenvalue weighted by atomic mass is 9.99. The zero-order chi connectivity index (χ0) is 10.2. The van der Waals surface area contributed by atoms with Gasteiger partial charge in [-0.3, -0.25) is 0 Å². The molecule has 2 rings (SSSR count). The molecule has 3 heteroatoms. The molecule has 1 saturated heterocycles. The van der Waals surface area contributed by atoms with Gasteiger partial charge < -0.3 is 13.9 Å². The van der Waals surface area contributed by atoms with Crippen LogP contribution in [0.2, 0.25) is 0 Å². The number of furan rings is 1. The molecule has 0 N–H and O–H groups in total. The van der Waals surface area contributed by atoms with Gasteiger partial charge in [0.15, 0.2) is 0 Å². The SMILES string of the molecule is Cc1ccc(C2(C)CCC(C=O)O2)o1. The van der Waals surface area contributed by atoms with Gasteiger partial charge in [0.2, 0.25) is 0 Å². The van der Waals surface area contributed by atoms with Crippen molar-refractivity contribution in [1.82, 2.24) is 0 Å². The van der Waals surface area contributed by atoms with Crippen LogP contribution >= 0.6 is 0 Å². The van der Waals surface area contributed by atoms with E-state index in [4.69, 9.17) is 9.15 Å². The maximum atomic E-state index is 10.6. The van der Waals surface area contributed by atoms with Crippen molar-refractivity contribution in [3.63, 3.8) is 0 Å². The fourth-order valence-corrected chi connectivity index (χ4v) is 1.87. The van der Waals surface area contributed by atoms with Crippen molar-refractivity contribution in [1.29, 1.82) is 0 Å². The Morgan fingerprint density at radius 1 is 1.57 bits per heavy atom. The Hall–Kier alpha value is -1.09. The van der Waals surface area contributed by atoms with Gasteiger partial charge in [-0.1, -0.05) is 0 Å². The third-order valence-electron chi connectivity index (χ3n) is 2.73. The van der Waals surface area contributed by atoms with Gasteiger partial charge >= 0.3 is 0 Å². The number of aldehydes is 1. The molecular formula is C11H14O3. The summed E-state index contributed by atoms with van der Waals surface area (Å²) in [6.45, 7) is 3.87. The van der Waals surface area contributed by atoms with E-state index in [0.29, 0.717) is 0 Å². The van der Waals surface area contributed by atoms with Crippen LogP contribution in [-0.4, -0.2) is 12.4 Å². The summed E-state index contributed by atoms with van der Waals surface area (Å²) < 4.78 is 11.2. The fraction of sp³-hybridized carbons (Fsp3) is 0.545. The molecule has 2 unspecified atom stereocenters. The molecular weight excluding hydrogens is 180 g/mol. The second kappa shape index (κ2) is 3.24. The number of aryl methyl sites for hydroxylation is 1. The van der Waals surface area contributed by atoms with E-state index in [1.54, 1.807) is 0 Å². The van der Waals surface area contributed by atoms with Crippen LogP contribution < -0.4 is 0 Å². The summed E-state index contributed by atoms with van der Waals surface area (Å²) in [6.07, 6.45) is 2.20. The second-order valence-corrected chi connectivity index (χ2v) is 3.97. The molecule has 2 heterocycles. The van der Waals surface area contributed by atoms with Crippen LogP contribution in [0.1, 0.15) is 31.3 Å². The highest BCUT2D eigenvalue weighted by Gasteiger charge is 2.39. The lowest BCUT2D eigenvalue weighted by molar-refractivity contribution is -0.123. The van der Waals surface area contributed by atoms with Gasteiger partial charge in [0.05, 0.1) is 0 Å². The molecule has 0 spiro atoms. The van der Waals surface area contributed by atoms with E-state index in [9.17, 15) is 4.79 Å². The largest absolute Gasteiger partial charge is 0.463 e. The van der Waals surface area contributed by atoms with Crippen LogP contribution in [0.25, 0.3) is 0 Å². The molecule has 0 radical (unpaired) electrons. The quantitative estimate of drug-likeness (QED) is 0.677. The van der Waals surface area contributed by atoms with Crippen LogP contribution in [0, 0.1) is 6.92 Å². The van der Waals surface area contributed by atoms with Crippen molar-refractivity contribution in [2.45, 2.75) is 38.4 Å². The average Bonchev–Trinajstić information content (AvgIpc) is 2.73. The monoisotopic (exact) mass is 194 g/mol. The number of hydrogen-bond acceptors (Lipinski definition) is 3. The molecule has 1 aromatic heterocycles. The van der Waals surface area contributed by atoms with Gasteiger partial charge in [-0.25, -0.2) is 0 Å². The zero-order valence-electron chi connectivity index (χ0n) is 8.45. The maximum Gasteiger partial charge on any atom is 0.148 e. The molecule has 76 valence electrons. The molecule has 0 aromatic carbocycles. The smallest absolute Gasteiger partial charge is 0.148 e. The first-order valence-corrected chi connectivity index (χ1v) is 4.84. The molecule has 2 atom stereocenters. The van der Waals surface area contributed by atoms with E-state index in [1.165, 1.54) is 0 Å². The van der Waals surface area contributed by atoms with Crippen LogP contribution in [0.5, 0.6) is 0 Å². The second-order valence-electron chi connectivity index (χ2n) is 3.97. The number of rotatable bonds is 2. The molecule has 1 aliphatic heterocycles. The molecule has 0 bridgehead atoms. The Balaban J connectivity index is 2.22. The van der Waals surface area contributed by atoms with E-state index in [-0.39, 0.29) is 6.10 Å². The van der Waals surface area contributed by atoms with E-state index >= 15 is 0 Å². The lowest BCUT2D eigenvalue weighted by Gasteiger charge is -2.20. The Bertz CT molecular complexity index is 342. The highest BCUT2D eigenvalue weighted by Crippen LogP contribution is 2.38. The van der Waals surface area contributed by atoms with E-state index < -0.39 is 5.60 Å². The minimum Gasteiger partial charge on any atom is -0.463 e. The van der Waals surface area contributed by atoms with Crippen molar-refractivity contribution in [2.75, 3.05) is 0 Å². The van der Waals surface area contributed by atoms with Crippen LogP contribution in [0.3, 0.4) is 0 Å². The van der Waals surface area contributed by atoms with Crippen LogP contribution in [0.15, 0.2) is 16.5 Å². The lowest BCUT2D eigenvalue weighted by Crippen LogP contribution is -2.22. The van der Waals surface area contributed by atoms with E-state index in [1.807, 2.05) is 26.0 Å².